The first kappa shape index (κ1) is 13.9. The summed E-state index contributed by atoms with van der Waals surface area (Å²) in [5, 5.41) is 0. The van der Waals surface area contributed by atoms with Gasteiger partial charge in [0.2, 0.25) is 0 Å². The van der Waals surface area contributed by atoms with Crippen molar-refractivity contribution in [1.82, 2.24) is 9.03 Å². The van der Waals surface area contributed by atoms with Crippen LogP contribution < -0.4 is 10.5 Å². The standard InChI is InChI=1S/C10H23N3O2S/c1-8(2)5-12-16(14,15)13-6-10(11,7-13)9(3)4/h8-9,12H,5-7,11H2,1-4H3. The van der Waals surface area contributed by atoms with E-state index in [9.17, 15) is 8.42 Å². The van der Waals surface area contributed by atoms with Gasteiger partial charge in [0.1, 0.15) is 0 Å². The summed E-state index contributed by atoms with van der Waals surface area (Å²) in [5.41, 5.74) is 5.70. The highest BCUT2D eigenvalue weighted by Crippen LogP contribution is 2.27. The van der Waals surface area contributed by atoms with Crippen molar-refractivity contribution in [2.24, 2.45) is 17.6 Å². The molecule has 0 aliphatic carbocycles. The van der Waals surface area contributed by atoms with E-state index in [0.29, 0.717) is 31.5 Å². The van der Waals surface area contributed by atoms with Gasteiger partial charge in [-0.25, -0.2) is 4.72 Å². The monoisotopic (exact) mass is 249 g/mol. The third-order valence-corrected chi connectivity index (χ3v) is 4.57. The minimum atomic E-state index is -3.32. The molecule has 0 aromatic heterocycles. The van der Waals surface area contributed by atoms with Crippen molar-refractivity contribution >= 4 is 10.2 Å². The van der Waals surface area contributed by atoms with Crippen LogP contribution in [0.2, 0.25) is 0 Å². The molecule has 0 radical (unpaired) electrons. The van der Waals surface area contributed by atoms with Crippen LogP contribution in [0.5, 0.6) is 0 Å². The van der Waals surface area contributed by atoms with E-state index in [1.165, 1.54) is 4.31 Å². The van der Waals surface area contributed by atoms with E-state index >= 15 is 0 Å². The van der Waals surface area contributed by atoms with Gasteiger partial charge in [-0.15, -0.1) is 0 Å². The summed E-state index contributed by atoms with van der Waals surface area (Å²) in [6.07, 6.45) is 0. The Kier molecular flexibility index (Phi) is 3.99. The molecule has 6 heteroatoms. The molecule has 1 saturated heterocycles. The molecule has 1 rings (SSSR count). The van der Waals surface area contributed by atoms with Crippen molar-refractivity contribution in [2.45, 2.75) is 33.2 Å². The van der Waals surface area contributed by atoms with Gasteiger partial charge < -0.3 is 5.73 Å². The van der Waals surface area contributed by atoms with E-state index in [4.69, 9.17) is 5.73 Å². The van der Waals surface area contributed by atoms with Gasteiger partial charge in [0.25, 0.3) is 10.2 Å². The first-order valence-corrected chi connectivity index (χ1v) is 7.15. The highest BCUT2D eigenvalue weighted by Gasteiger charge is 2.47. The number of nitrogens with zero attached hydrogens (tertiary/aromatic N) is 1. The van der Waals surface area contributed by atoms with E-state index in [1.54, 1.807) is 0 Å². The summed E-state index contributed by atoms with van der Waals surface area (Å²) < 4.78 is 27.6. The molecule has 5 nitrogen and oxygen atoms in total. The van der Waals surface area contributed by atoms with Crippen LogP contribution in [0, 0.1) is 11.8 Å². The zero-order valence-electron chi connectivity index (χ0n) is 10.5. The van der Waals surface area contributed by atoms with Gasteiger partial charge in [0, 0.05) is 25.2 Å². The van der Waals surface area contributed by atoms with Gasteiger partial charge in [-0.05, 0) is 11.8 Å². The van der Waals surface area contributed by atoms with Crippen LogP contribution in [0.15, 0.2) is 0 Å². The summed E-state index contributed by atoms with van der Waals surface area (Å²) >= 11 is 0. The lowest BCUT2D eigenvalue weighted by molar-refractivity contribution is 0.109. The number of hydrogen-bond donors (Lipinski definition) is 2. The van der Waals surface area contributed by atoms with E-state index < -0.39 is 10.2 Å². The molecule has 1 aliphatic rings. The molecule has 0 aromatic carbocycles. The Morgan fingerprint density at radius 2 is 1.81 bits per heavy atom. The van der Waals surface area contributed by atoms with Crippen molar-refractivity contribution in [3.63, 3.8) is 0 Å². The van der Waals surface area contributed by atoms with Crippen molar-refractivity contribution in [3.05, 3.63) is 0 Å². The second-order valence-corrected chi connectivity index (χ2v) is 7.16. The molecule has 0 aromatic rings. The lowest BCUT2D eigenvalue weighted by Crippen LogP contribution is -2.72. The second kappa shape index (κ2) is 4.60. The summed E-state index contributed by atoms with van der Waals surface area (Å²) in [6, 6.07) is 0. The predicted octanol–water partition coefficient (Wildman–Crippen LogP) is 0.146. The number of nitrogens with one attached hydrogen (secondary N) is 1. The molecule has 0 amide bonds. The first-order valence-electron chi connectivity index (χ1n) is 5.71. The molecule has 1 aliphatic heterocycles. The van der Waals surface area contributed by atoms with E-state index in [1.807, 2.05) is 27.7 Å². The third kappa shape index (κ3) is 2.94. The highest BCUT2D eigenvalue weighted by atomic mass is 32.2. The summed E-state index contributed by atoms with van der Waals surface area (Å²) in [6.45, 7) is 9.28. The smallest absolute Gasteiger partial charge is 0.279 e. The van der Waals surface area contributed by atoms with Gasteiger partial charge in [-0.1, -0.05) is 27.7 Å². The number of hydrogen-bond acceptors (Lipinski definition) is 3. The van der Waals surface area contributed by atoms with Crippen LogP contribution in [-0.4, -0.2) is 37.9 Å². The molecule has 0 atom stereocenters. The van der Waals surface area contributed by atoms with Gasteiger partial charge in [0.05, 0.1) is 0 Å². The maximum absolute atomic E-state index is 11.8. The van der Waals surface area contributed by atoms with E-state index in [-0.39, 0.29) is 5.54 Å². The zero-order chi connectivity index (χ0) is 12.6. The van der Waals surface area contributed by atoms with Crippen LogP contribution in [0.3, 0.4) is 0 Å². The molecule has 0 bridgehead atoms. The Morgan fingerprint density at radius 3 is 2.19 bits per heavy atom. The fourth-order valence-corrected chi connectivity index (χ4v) is 3.06. The van der Waals surface area contributed by atoms with Crippen LogP contribution in [0.1, 0.15) is 27.7 Å². The van der Waals surface area contributed by atoms with Gasteiger partial charge in [-0.3, -0.25) is 0 Å². The molecule has 0 spiro atoms. The van der Waals surface area contributed by atoms with Crippen LogP contribution >= 0.6 is 0 Å². The molecular weight excluding hydrogens is 226 g/mol. The molecule has 16 heavy (non-hydrogen) atoms. The van der Waals surface area contributed by atoms with E-state index in [2.05, 4.69) is 4.72 Å². The SMILES string of the molecule is CC(C)CNS(=O)(=O)N1CC(N)(C(C)C)C1. The van der Waals surface area contributed by atoms with Crippen molar-refractivity contribution in [3.8, 4) is 0 Å². The topological polar surface area (TPSA) is 75.4 Å². The van der Waals surface area contributed by atoms with Crippen LogP contribution in [0.25, 0.3) is 0 Å². The molecular formula is C10H23N3O2S. The number of nitrogens with two attached hydrogens (primary N) is 1. The van der Waals surface area contributed by atoms with Crippen molar-refractivity contribution < 1.29 is 8.42 Å². The lowest BCUT2D eigenvalue weighted by Gasteiger charge is -2.49. The van der Waals surface area contributed by atoms with Crippen LogP contribution in [-0.2, 0) is 10.2 Å². The largest absolute Gasteiger partial charge is 0.323 e. The average molecular weight is 249 g/mol. The Labute approximate surface area is 98.6 Å². The Balaban J connectivity index is 2.50. The Morgan fingerprint density at radius 1 is 1.31 bits per heavy atom. The normalized spacial score (nSPS) is 21.4. The van der Waals surface area contributed by atoms with Crippen molar-refractivity contribution in [2.75, 3.05) is 19.6 Å². The predicted molar refractivity (Wildman–Crippen MR) is 65.1 cm³/mol. The Bertz CT molecular complexity index is 332. The summed E-state index contributed by atoms with van der Waals surface area (Å²) in [5.74, 6) is 0.604. The molecule has 0 saturated carbocycles. The molecule has 0 unspecified atom stereocenters. The first-order chi connectivity index (χ1) is 7.17. The highest BCUT2D eigenvalue weighted by molar-refractivity contribution is 7.87. The van der Waals surface area contributed by atoms with Gasteiger partial charge in [-0.2, -0.15) is 12.7 Å². The van der Waals surface area contributed by atoms with Crippen LogP contribution in [0.4, 0.5) is 0 Å². The average Bonchev–Trinajstić information content (AvgIpc) is 2.09. The maximum atomic E-state index is 11.8. The fraction of sp³-hybridized carbons (Fsp3) is 1.00. The van der Waals surface area contributed by atoms with Gasteiger partial charge in [0.15, 0.2) is 0 Å². The second-order valence-electron chi connectivity index (χ2n) is 5.40. The number of rotatable bonds is 5. The molecule has 3 N–H and O–H groups in total. The fourth-order valence-electron chi connectivity index (χ4n) is 1.51. The quantitative estimate of drug-likeness (QED) is 0.728. The minimum absolute atomic E-state index is 0.295. The zero-order valence-corrected chi connectivity index (χ0v) is 11.3. The van der Waals surface area contributed by atoms with E-state index in [0.717, 1.165) is 0 Å². The summed E-state index contributed by atoms with van der Waals surface area (Å²) in [7, 11) is -3.32. The summed E-state index contributed by atoms with van der Waals surface area (Å²) in [4.78, 5) is 0. The minimum Gasteiger partial charge on any atom is -0.323 e. The Hall–Kier alpha value is -0.170. The van der Waals surface area contributed by atoms with Gasteiger partial charge >= 0.3 is 0 Å². The molecule has 1 heterocycles. The van der Waals surface area contributed by atoms with Crippen molar-refractivity contribution in [1.29, 1.82) is 0 Å². The molecule has 96 valence electrons. The molecule has 1 fully saturated rings. The maximum Gasteiger partial charge on any atom is 0.279 e. The lowest BCUT2D eigenvalue weighted by atomic mass is 9.82. The third-order valence-electron chi connectivity index (χ3n) is 3.11.